The predicted octanol–water partition coefficient (Wildman–Crippen LogP) is 2.32. The van der Waals surface area contributed by atoms with Crippen LogP contribution in [0.25, 0.3) is 0 Å². The summed E-state index contributed by atoms with van der Waals surface area (Å²) in [5, 5.41) is 0. The Kier molecular flexibility index (Phi) is 5.38. The molecule has 1 aliphatic rings. The zero-order valence-corrected chi connectivity index (χ0v) is 14.2. The highest BCUT2D eigenvalue weighted by Gasteiger charge is 2.30. The molecule has 2 heterocycles. The quantitative estimate of drug-likeness (QED) is 0.905. The van der Waals surface area contributed by atoms with E-state index >= 15 is 0 Å². The van der Waals surface area contributed by atoms with Crippen LogP contribution in [-0.2, 0) is 17.8 Å². The van der Waals surface area contributed by atoms with Crippen molar-refractivity contribution in [2.45, 2.75) is 38.8 Å². The van der Waals surface area contributed by atoms with Crippen LogP contribution < -0.4 is 5.56 Å². The molecule has 2 aromatic rings. The Hall–Kier alpha value is -2.34. The van der Waals surface area contributed by atoms with E-state index in [1.165, 1.54) is 12.3 Å². The van der Waals surface area contributed by atoms with Gasteiger partial charge < -0.3 is 4.98 Å². The minimum Gasteiger partial charge on any atom is -0.326 e. The lowest BCUT2D eigenvalue weighted by Crippen LogP contribution is -2.43. The summed E-state index contributed by atoms with van der Waals surface area (Å²) >= 11 is 0. The Morgan fingerprint density at radius 3 is 2.92 bits per heavy atom. The van der Waals surface area contributed by atoms with Crippen LogP contribution in [-0.4, -0.2) is 33.2 Å². The highest BCUT2D eigenvalue weighted by Crippen LogP contribution is 2.26. The summed E-state index contributed by atoms with van der Waals surface area (Å²) in [4.78, 5) is 33.2. The largest absolute Gasteiger partial charge is 0.326 e. The van der Waals surface area contributed by atoms with Gasteiger partial charge >= 0.3 is 0 Å². The van der Waals surface area contributed by atoms with Gasteiger partial charge in [-0.2, -0.15) is 0 Å². The van der Waals surface area contributed by atoms with E-state index in [4.69, 9.17) is 0 Å². The number of benzene rings is 1. The predicted molar refractivity (Wildman–Crippen MR) is 92.6 cm³/mol. The molecule has 5 nitrogen and oxygen atoms in total. The lowest BCUT2D eigenvalue weighted by Gasteiger charge is -2.36. The number of ketones is 1. The van der Waals surface area contributed by atoms with Crippen LogP contribution in [0.4, 0.5) is 4.39 Å². The first-order valence-corrected chi connectivity index (χ1v) is 8.57. The molecule has 2 atom stereocenters. The van der Waals surface area contributed by atoms with E-state index in [0.29, 0.717) is 17.8 Å². The Morgan fingerprint density at radius 2 is 2.20 bits per heavy atom. The topological polar surface area (TPSA) is 66.1 Å². The Morgan fingerprint density at radius 1 is 1.40 bits per heavy atom. The van der Waals surface area contributed by atoms with Crippen LogP contribution in [0, 0.1) is 11.7 Å². The molecule has 0 bridgehead atoms. The van der Waals surface area contributed by atoms with Gasteiger partial charge in [-0.05, 0) is 37.9 Å². The monoisotopic (exact) mass is 343 g/mol. The number of piperidine rings is 1. The number of hydrogen-bond donors (Lipinski definition) is 1. The Bertz CT molecular complexity index is 805. The van der Waals surface area contributed by atoms with Crippen molar-refractivity contribution >= 4 is 5.78 Å². The fourth-order valence-electron chi connectivity index (χ4n) is 3.41. The summed E-state index contributed by atoms with van der Waals surface area (Å²) in [6.07, 6.45) is 4.68. The molecule has 0 spiro atoms. The van der Waals surface area contributed by atoms with Gasteiger partial charge in [-0.15, -0.1) is 0 Å². The van der Waals surface area contributed by atoms with Crippen LogP contribution in [0.5, 0.6) is 0 Å². The van der Waals surface area contributed by atoms with Gasteiger partial charge in [0.2, 0.25) is 0 Å². The molecule has 6 heteroatoms. The van der Waals surface area contributed by atoms with Crippen molar-refractivity contribution in [1.82, 2.24) is 14.9 Å². The summed E-state index contributed by atoms with van der Waals surface area (Å²) in [7, 11) is 0. The molecule has 132 valence electrons. The normalized spacial score (nSPS) is 21.2. The number of halogens is 1. The summed E-state index contributed by atoms with van der Waals surface area (Å²) < 4.78 is 13.7. The maximum atomic E-state index is 13.7. The molecule has 0 radical (unpaired) electrons. The van der Waals surface area contributed by atoms with Gasteiger partial charge in [-0.3, -0.25) is 19.5 Å². The lowest BCUT2D eigenvalue weighted by atomic mass is 9.85. The molecule has 1 saturated heterocycles. The number of carbonyl (C=O) groups excluding carboxylic acids is 1. The van der Waals surface area contributed by atoms with Crippen LogP contribution in [0.3, 0.4) is 0 Å². The second kappa shape index (κ2) is 7.70. The molecule has 1 fully saturated rings. The van der Waals surface area contributed by atoms with Crippen molar-refractivity contribution in [3.8, 4) is 0 Å². The van der Waals surface area contributed by atoms with Crippen LogP contribution in [0.2, 0.25) is 0 Å². The highest BCUT2D eigenvalue weighted by atomic mass is 19.1. The zero-order valence-electron chi connectivity index (χ0n) is 14.2. The molecular formula is C19H22FN3O2. The van der Waals surface area contributed by atoms with E-state index in [1.54, 1.807) is 24.4 Å². The molecule has 1 aliphatic heterocycles. The van der Waals surface area contributed by atoms with E-state index in [-0.39, 0.29) is 35.5 Å². The number of Topliss-reactive ketones (excluding diaryl/α,β-unsaturated/α-hetero) is 1. The number of H-pyrrole nitrogens is 1. The second-order valence-electron chi connectivity index (χ2n) is 6.64. The molecule has 1 aromatic carbocycles. The van der Waals surface area contributed by atoms with Gasteiger partial charge in [0.25, 0.3) is 5.56 Å². The molecular weight excluding hydrogens is 321 g/mol. The Labute approximate surface area is 145 Å². The third-order valence-electron chi connectivity index (χ3n) is 4.93. The van der Waals surface area contributed by atoms with E-state index < -0.39 is 0 Å². The van der Waals surface area contributed by atoms with Crippen LogP contribution in [0.15, 0.2) is 41.5 Å². The molecule has 0 amide bonds. The fraction of sp³-hybridized carbons (Fsp3) is 0.421. The lowest BCUT2D eigenvalue weighted by molar-refractivity contribution is -0.124. The summed E-state index contributed by atoms with van der Waals surface area (Å²) in [6.45, 7) is 3.26. The first-order chi connectivity index (χ1) is 12.0. The molecule has 0 aliphatic carbocycles. The van der Waals surface area contributed by atoms with Crippen LogP contribution >= 0.6 is 0 Å². The number of nitrogens with zero attached hydrogens (tertiary/aromatic N) is 2. The number of aromatic nitrogens is 2. The van der Waals surface area contributed by atoms with Crippen molar-refractivity contribution in [3.05, 3.63) is 64.1 Å². The SMILES string of the molecule is C[C@H]1CC(C(=O)Cc2ccccc2F)CCN1Cc1ncc[nH]c1=O. The molecule has 25 heavy (non-hydrogen) atoms. The van der Waals surface area contributed by atoms with Crippen molar-refractivity contribution in [1.29, 1.82) is 0 Å². The molecule has 0 saturated carbocycles. The second-order valence-corrected chi connectivity index (χ2v) is 6.64. The van der Waals surface area contributed by atoms with Gasteiger partial charge in [0.15, 0.2) is 0 Å². The van der Waals surface area contributed by atoms with E-state index in [1.807, 2.05) is 0 Å². The zero-order chi connectivity index (χ0) is 17.8. The van der Waals surface area contributed by atoms with Crippen molar-refractivity contribution in [2.75, 3.05) is 6.54 Å². The van der Waals surface area contributed by atoms with Gasteiger partial charge in [-0.25, -0.2) is 4.39 Å². The van der Waals surface area contributed by atoms with Gasteiger partial charge in [0.05, 0.1) is 0 Å². The summed E-state index contributed by atoms with van der Waals surface area (Å²) in [6, 6.07) is 6.60. The van der Waals surface area contributed by atoms with Crippen LogP contribution in [0.1, 0.15) is 31.0 Å². The maximum Gasteiger partial charge on any atom is 0.270 e. The molecule has 3 rings (SSSR count). The number of aromatic amines is 1. The highest BCUT2D eigenvalue weighted by molar-refractivity contribution is 5.83. The van der Waals surface area contributed by atoms with Gasteiger partial charge in [-0.1, -0.05) is 18.2 Å². The minimum absolute atomic E-state index is 0.0622. The van der Waals surface area contributed by atoms with Crippen molar-refractivity contribution in [2.24, 2.45) is 5.92 Å². The molecule has 1 N–H and O–H groups in total. The minimum atomic E-state index is -0.323. The third-order valence-corrected chi connectivity index (χ3v) is 4.93. The van der Waals surface area contributed by atoms with E-state index in [2.05, 4.69) is 21.8 Å². The Balaban J connectivity index is 1.60. The number of hydrogen-bond acceptors (Lipinski definition) is 4. The van der Waals surface area contributed by atoms with Gasteiger partial charge in [0, 0.05) is 37.3 Å². The molecule has 1 aromatic heterocycles. The summed E-state index contributed by atoms with van der Waals surface area (Å²) in [5.41, 5.74) is 0.778. The number of rotatable bonds is 5. The average molecular weight is 343 g/mol. The number of nitrogens with one attached hydrogen (secondary N) is 1. The van der Waals surface area contributed by atoms with Crippen molar-refractivity contribution in [3.63, 3.8) is 0 Å². The number of likely N-dealkylation sites (tertiary alicyclic amines) is 1. The first-order valence-electron chi connectivity index (χ1n) is 8.57. The first kappa shape index (κ1) is 17.5. The van der Waals surface area contributed by atoms with Crippen molar-refractivity contribution < 1.29 is 9.18 Å². The molecule has 1 unspecified atom stereocenters. The standard InChI is InChI=1S/C19H22FN3O2/c1-13-10-15(18(24)11-14-4-2-3-5-16(14)20)6-9-23(13)12-17-19(25)22-8-7-21-17/h2-5,7-8,13,15H,6,9-12H2,1H3,(H,22,25)/t13-,15?/m0/s1. The smallest absolute Gasteiger partial charge is 0.270 e. The third kappa shape index (κ3) is 4.20. The average Bonchev–Trinajstić information content (AvgIpc) is 2.60. The van der Waals surface area contributed by atoms with E-state index in [9.17, 15) is 14.0 Å². The van der Waals surface area contributed by atoms with Gasteiger partial charge in [0.1, 0.15) is 17.3 Å². The van der Waals surface area contributed by atoms with E-state index in [0.717, 1.165) is 19.4 Å². The number of carbonyl (C=O) groups is 1. The fourth-order valence-corrected chi connectivity index (χ4v) is 3.41. The summed E-state index contributed by atoms with van der Waals surface area (Å²) in [5.74, 6) is -0.295. The maximum absolute atomic E-state index is 13.7.